The van der Waals surface area contributed by atoms with Crippen LogP contribution < -0.4 is 10.9 Å². The molecule has 8 heteroatoms. The molecule has 1 amide bonds. The quantitative estimate of drug-likeness (QED) is 0.697. The maximum atomic E-state index is 12.7. The predicted octanol–water partition coefficient (Wildman–Crippen LogP) is 1.42. The number of hydrogen-bond acceptors (Lipinski definition) is 5. The molecule has 1 aliphatic rings. The van der Waals surface area contributed by atoms with Crippen molar-refractivity contribution in [1.82, 2.24) is 24.7 Å². The van der Waals surface area contributed by atoms with Gasteiger partial charge in [0, 0.05) is 18.7 Å². The number of carbonyl (C=O) groups excluding carboxylic acids is 1. The molecule has 0 radical (unpaired) electrons. The van der Waals surface area contributed by atoms with E-state index in [9.17, 15) is 9.59 Å². The summed E-state index contributed by atoms with van der Waals surface area (Å²) in [5.41, 5.74) is 2.91. The summed E-state index contributed by atoms with van der Waals surface area (Å²) in [5.74, 6) is -0.260. The lowest BCUT2D eigenvalue weighted by atomic mass is 10.1. The molecule has 1 saturated heterocycles. The van der Waals surface area contributed by atoms with Gasteiger partial charge in [-0.25, -0.2) is 9.20 Å². The number of nitrogens with zero attached hydrogens (tertiary/aromatic N) is 4. The summed E-state index contributed by atoms with van der Waals surface area (Å²) in [7, 11) is 0. The second-order valence-corrected chi connectivity index (χ2v) is 6.94. The van der Waals surface area contributed by atoms with Crippen molar-refractivity contribution in [3.05, 3.63) is 52.6 Å². The van der Waals surface area contributed by atoms with E-state index in [-0.39, 0.29) is 24.1 Å². The van der Waals surface area contributed by atoms with Gasteiger partial charge in [0.25, 0.3) is 5.56 Å². The number of nitrogens with one attached hydrogen (secondary N) is 1. The van der Waals surface area contributed by atoms with E-state index in [1.807, 2.05) is 24.3 Å². The Morgan fingerprint density at radius 1 is 1.32 bits per heavy atom. The molecule has 28 heavy (non-hydrogen) atoms. The first-order valence-electron chi connectivity index (χ1n) is 9.57. The Morgan fingerprint density at radius 2 is 2.14 bits per heavy atom. The van der Waals surface area contributed by atoms with Gasteiger partial charge in [-0.3, -0.25) is 9.59 Å². The Balaban J connectivity index is 1.51. The van der Waals surface area contributed by atoms with Crippen LogP contribution in [0.3, 0.4) is 0 Å². The van der Waals surface area contributed by atoms with Gasteiger partial charge in [0.1, 0.15) is 18.4 Å². The second-order valence-electron chi connectivity index (χ2n) is 6.94. The van der Waals surface area contributed by atoms with E-state index in [4.69, 9.17) is 4.74 Å². The lowest BCUT2D eigenvalue weighted by molar-refractivity contribution is -0.122. The first-order chi connectivity index (χ1) is 13.6. The highest BCUT2D eigenvalue weighted by molar-refractivity contribution is 5.75. The van der Waals surface area contributed by atoms with E-state index in [0.717, 1.165) is 36.1 Å². The number of rotatable bonds is 6. The van der Waals surface area contributed by atoms with E-state index in [2.05, 4.69) is 22.4 Å². The molecular formula is C20H23N5O3. The van der Waals surface area contributed by atoms with E-state index < -0.39 is 0 Å². The number of hydrogen-bond donors (Lipinski definition) is 1. The molecule has 4 rings (SSSR count). The molecule has 1 N–H and O–H groups in total. The molecule has 3 heterocycles. The molecule has 1 aromatic carbocycles. The number of amides is 1. The minimum atomic E-state index is -0.348. The normalized spacial score (nSPS) is 16.5. The largest absolute Gasteiger partial charge is 0.376 e. The zero-order valence-electron chi connectivity index (χ0n) is 15.8. The van der Waals surface area contributed by atoms with Gasteiger partial charge in [0.15, 0.2) is 0 Å². The SMILES string of the molecule is CCc1ccc(-c2cc3c(=O)n(CC(=O)NC[C@H]4CCCO4)ncn3n2)cc1. The van der Waals surface area contributed by atoms with Gasteiger partial charge in [-0.2, -0.15) is 10.2 Å². The molecule has 0 saturated carbocycles. The van der Waals surface area contributed by atoms with Crippen molar-refractivity contribution in [2.75, 3.05) is 13.2 Å². The fraction of sp³-hybridized carbons (Fsp3) is 0.400. The first kappa shape index (κ1) is 18.4. The van der Waals surface area contributed by atoms with Crippen LogP contribution in [0.1, 0.15) is 25.3 Å². The Kier molecular flexibility index (Phi) is 5.21. The third-order valence-corrected chi connectivity index (χ3v) is 4.99. The summed E-state index contributed by atoms with van der Waals surface area (Å²) in [6.07, 6.45) is 4.45. The highest BCUT2D eigenvalue weighted by Gasteiger charge is 2.17. The average Bonchev–Trinajstić information content (AvgIpc) is 3.39. The molecule has 2 aromatic heterocycles. The monoisotopic (exact) mass is 381 g/mol. The molecule has 0 unspecified atom stereocenters. The third kappa shape index (κ3) is 3.82. The van der Waals surface area contributed by atoms with E-state index in [0.29, 0.717) is 17.8 Å². The average molecular weight is 381 g/mol. The van der Waals surface area contributed by atoms with Crippen molar-refractivity contribution in [2.24, 2.45) is 0 Å². The van der Waals surface area contributed by atoms with Crippen LogP contribution in [-0.2, 0) is 22.5 Å². The van der Waals surface area contributed by atoms with Gasteiger partial charge in [-0.1, -0.05) is 31.2 Å². The minimum Gasteiger partial charge on any atom is -0.376 e. The summed E-state index contributed by atoms with van der Waals surface area (Å²) in [6.45, 7) is 3.17. The maximum Gasteiger partial charge on any atom is 0.293 e. The third-order valence-electron chi connectivity index (χ3n) is 4.99. The van der Waals surface area contributed by atoms with Crippen molar-refractivity contribution in [2.45, 2.75) is 38.8 Å². The molecule has 146 valence electrons. The number of ether oxygens (including phenoxy) is 1. The minimum absolute atomic E-state index is 0.0626. The fourth-order valence-corrected chi connectivity index (χ4v) is 3.33. The summed E-state index contributed by atoms with van der Waals surface area (Å²) in [6, 6.07) is 9.81. The van der Waals surface area contributed by atoms with E-state index in [1.54, 1.807) is 6.07 Å². The van der Waals surface area contributed by atoms with E-state index in [1.165, 1.54) is 16.4 Å². The van der Waals surface area contributed by atoms with Crippen molar-refractivity contribution in [3.63, 3.8) is 0 Å². The van der Waals surface area contributed by atoms with Crippen molar-refractivity contribution in [3.8, 4) is 11.3 Å². The van der Waals surface area contributed by atoms with Gasteiger partial charge < -0.3 is 10.1 Å². The number of aromatic nitrogens is 4. The summed E-state index contributed by atoms with van der Waals surface area (Å²) >= 11 is 0. The zero-order valence-corrected chi connectivity index (χ0v) is 15.8. The smallest absolute Gasteiger partial charge is 0.293 e. The standard InChI is InChI=1S/C20H23N5O3/c1-2-14-5-7-15(8-6-14)17-10-18-20(27)24(22-13-25(18)23-17)12-19(26)21-11-16-4-3-9-28-16/h5-8,10,13,16H,2-4,9,11-12H2,1H3,(H,21,26)/t16-/m1/s1. The van der Waals surface area contributed by atoms with Gasteiger partial charge in [-0.05, 0) is 30.9 Å². The van der Waals surface area contributed by atoms with Crippen molar-refractivity contribution < 1.29 is 9.53 Å². The first-order valence-corrected chi connectivity index (χ1v) is 9.57. The van der Waals surface area contributed by atoms with Crippen molar-refractivity contribution >= 4 is 11.4 Å². The van der Waals surface area contributed by atoms with Crippen molar-refractivity contribution in [1.29, 1.82) is 0 Å². The predicted molar refractivity (Wildman–Crippen MR) is 104 cm³/mol. The molecule has 0 bridgehead atoms. The molecule has 8 nitrogen and oxygen atoms in total. The number of carbonyl (C=O) groups is 1. The second kappa shape index (κ2) is 7.93. The summed E-state index contributed by atoms with van der Waals surface area (Å²) in [5, 5.41) is 11.3. The summed E-state index contributed by atoms with van der Waals surface area (Å²) < 4.78 is 8.09. The van der Waals surface area contributed by atoms with Crippen LogP contribution in [0.5, 0.6) is 0 Å². The van der Waals surface area contributed by atoms with Gasteiger partial charge in [0.05, 0.1) is 11.8 Å². The zero-order chi connectivity index (χ0) is 19.5. The molecule has 0 aliphatic carbocycles. The highest BCUT2D eigenvalue weighted by atomic mass is 16.5. The van der Waals surface area contributed by atoms with Crippen LogP contribution >= 0.6 is 0 Å². The fourth-order valence-electron chi connectivity index (χ4n) is 3.33. The van der Waals surface area contributed by atoms with Crippen LogP contribution in [0.15, 0.2) is 41.5 Å². The molecule has 1 fully saturated rings. The Hall–Kier alpha value is -3.00. The Morgan fingerprint density at radius 3 is 2.86 bits per heavy atom. The Labute approximate surface area is 162 Å². The molecule has 1 aliphatic heterocycles. The lowest BCUT2D eigenvalue weighted by Crippen LogP contribution is -2.37. The summed E-state index contributed by atoms with van der Waals surface area (Å²) in [4.78, 5) is 24.9. The van der Waals surface area contributed by atoms with Crippen LogP contribution in [0.25, 0.3) is 16.8 Å². The van der Waals surface area contributed by atoms with E-state index >= 15 is 0 Å². The van der Waals surface area contributed by atoms with Gasteiger partial charge in [0.2, 0.25) is 5.91 Å². The number of fused-ring (bicyclic) bond motifs is 1. The molecule has 0 spiro atoms. The van der Waals surface area contributed by atoms with Gasteiger partial charge in [-0.15, -0.1) is 0 Å². The van der Waals surface area contributed by atoms with Crippen LogP contribution in [0.2, 0.25) is 0 Å². The van der Waals surface area contributed by atoms with Crippen LogP contribution in [0.4, 0.5) is 0 Å². The topological polar surface area (TPSA) is 90.5 Å². The molecule has 3 aromatic rings. The van der Waals surface area contributed by atoms with Gasteiger partial charge >= 0.3 is 0 Å². The number of benzene rings is 1. The van der Waals surface area contributed by atoms with Crippen LogP contribution in [-0.4, -0.2) is 44.6 Å². The molecular weight excluding hydrogens is 358 g/mol. The maximum absolute atomic E-state index is 12.7. The Bertz CT molecular complexity index is 1030. The molecule has 1 atom stereocenters. The highest BCUT2D eigenvalue weighted by Crippen LogP contribution is 2.19. The lowest BCUT2D eigenvalue weighted by Gasteiger charge is -2.11. The number of aryl methyl sites for hydroxylation is 1. The van der Waals surface area contributed by atoms with Crippen LogP contribution in [0, 0.1) is 0 Å².